The summed E-state index contributed by atoms with van der Waals surface area (Å²) >= 11 is 0. The molecular formula is C33H36N4O4. The number of hydrogen-bond acceptors (Lipinski definition) is 6. The molecule has 0 bridgehead atoms. The first kappa shape index (κ1) is 26.9. The second-order valence-corrected chi connectivity index (χ2v) is 10.4. The van der Waals surface area contributed by atoms with Crippen molar-refractivity contribution in [3.05, 3.63) is 101 Å². The monoisotopic (exact) mass is 552 g/mol. The molecule has 2 aromatic heterocycles. The van der Waals surface area contributed by atoms with E-state index in [4.69, 9.17) is 14.2 Å². The summed E-state index contributed by atoms with van der Waals surface area (Å²) in [5, 5.41) is 15.7. The van der Waals surface area contributed by atoms with Crippen LogP contribution in [0.25, 0.3) is 16.6 Å². The number of nitrogens with zero attached hydrogens (tertiary/aromatic N) is 4. The van der Waals surface area contributed by atoms with Gasteiger partial charge in [-0.3, -0.25) is 4.90 Å². The lowest BCUT2D eigenvalue weighted by molar-refractivity contribution is 0.145. The molecule has 8 heteroatoms. The van der Waals surface area contributed by atoms with Crippen molar-refractivity contribution >= 4 is 10.9 Å². The van der Waals surface area contributed by atoms with Crippen LogP contribution in [0.2, 0.25) is 0 Å². The number of methoxy groups -OCH3 is 2. The van der Waals surface area contributed by atoms with Gasteiger partial charge in [-0.25, -0.2) is 4.68 Å². The van der Waals surface area contributed by atoms with Crippen LogP contribution < -0.4 is 14.2 Å². The van der Waals surface area contributed by atoms with E-state index in [9.17, 15) is 5.11 Å². The smallest absolute Gasteiger partial charge is 0.162 e. The fourth-order valence-corrected chi connectivity index (χ4v) is 6.33. The summed E-state index contributed by atoms with van der Waals surface area (Å²) in [4.78, 5) is 2.53. The van der Waals surface area contributed by atoms with Gasteiger partial charge in [0.05, 0.1) is 25.4 Å². The summed E-state index contributed by atoms with van der Waals surface area (Å²) in [7, 11) is 3.39. The molecule has 8 nitrogen and oxygen atoms in total. The van der Waals surface area contributed by atoms with E-state index in [1.165, 1.54) is 22.4 Å². The molecule has 0 spiro atoms. The SMILES string of the molecule is C.COc1ccc2c(c1)c1c(n2CO)CN2CCc3cc(OC)c(OCc4ccc(-n5cccn5)cc4)cc3C2C1. The van der Waals surface area contributed by atoms with Crippen LogP contribution in [0.15, 0.2) is 73.1 Å². The van der Waals surface area contributed by atoms with Crippen molar-refractivity contribution in [3.8, 4) is 22.9 Å². The van der Waals surface area contributed by atoms with Crippen LogP contribution in [0.5, 0.6) is 17.2 Å². The normalized spacial score (nSPS) is 15.9. The highest BCUT2D eigenvalue weighted by atomic mass is 16.5. The van der Waals surface area contributed by atoms with Gasteiger partial charge in [0.1, 0.15) is 19.1 Å². The molecule has 0 radical (unpaired) electrons. The fraction of sp³-hybridized carbons (Fsp3) is 0.303. The molecule has 2 aliphatic heterocycles. The first-order chi connectivity index (χ1) is 19.7. The second-order valence-electron chi connectivity index (χ2n) is 10.4. The maximum absolute atomic E-state index is 10.2. The lowest BCUT2D eigenvalue weighted by atomic mass is 9.85. The zero-order valence-corrected chi connectivity index (χ0v) is 22.7. The molecule has 0 saturated carbocycles. The number of benzene rings is 3. The quantitative estimate of drug-likeness (QED) is 0.281. The third-order valence-corrected chi connectivity index (χ3v) is 8.38. The minimum Gasteiger partial charge on any atom is -0.497 e. The number of aromatic nitrogens is 3. The maximum atomic E-state index is 10.2. The number of aliphatic hydroxyl groups is 1. The molecule has 2 aliphatic rings. The molecule has 0 fully saturated rings. The van der Waals surface area contributed by atoms with Gasteiger partial charge in [0, 0.05) is 42.6 Å². The number of ether oxygens (including phenoxy) is 3. The van der Waals surface area contributed by atoms with Gasteiger partial charge in [-0.1, -0.05) is 19.6 Å². The average molecular weight is 553 g/mol. The van der Waals surface area contributed by atoms with E-state index in [1.807, 2.05) is 45.8 Å². The lowest BCUT2D eigenvalue weighted by Gasteiger charge is -2.41. The lowest BCUT2D eigenvalue weighted by Crippen LogP contribution is -2.39. The predicted octanol–water partition coefficient (Wildman–Crippen LogP) is 5.66. The molecule has 1 N–H and O–H groups in total. The Bertz CT molecular complexity index is 1670. The van der Waals surface area contributed by atoms with E-state index in [1.54, 1.807) is 20.4 Å². The molecular weight excluding hydrogens is 516 g/mol. The Morgan fingerprint density at radius 3 is 2.59 bits per heavy atom. The second kappa shape index (κ2) is 11.0. The van der Waals surface area contributed by atoms with Gasteiger partial charge >= 0.3 is 0 Å². The standard InChI is InChI=1S/C32H32N4O4.CH4/c1-38-24-8-9-28-26(15-24)27-16-29-25-17-32(40-19-21-4-6-23(7-5-21)36-12-3-11-33-36)31(39-2)14-22(25)10-13-34(29)18-30(27)35(28)20-37;/h3-9,11-12,14-15,17,29,37H,10,13,16,18-20H2,1-2H3;1H4. The average Bonchev–Trinajstić information content (AvgIpc) is 3.65. The van der Waals surface area contributed by atoms with Crippen LogP contribution in [0.1, 0.15) is 41.4 Å². The summed E-state index contributed by atoms with van der Waals surface area (Å²) in [6.07, 6.45) is 5.51. The van der Waals surface area contributed by atoms with Gasteiger partial charge in [0.2, 0.25) is 0 Å². The molecule has 3 aromatic carbocycles. The van der Waals surface area contributed by atoms with E-state index < -0.39 is 0 Å². The number of aliphatic hydroxyl groups excluding tert-OH is 1. The van der Waals surface area contributed by atoms with E-state index >= 15 is 0 Å². The van der Waals surface area contributed by atoms with Crippen molar-refractivity contribution in [1.82, 2.24) is 19.2 Å². The Kier molecular flexibility index (Phi) is 7.19. The predicted molar refractivity (Wildman–Crippen MR) is 159 cm³/mol. The van der Waals surface area contributed by atoms with Crippen LogP contribution in [0, 0.1) is 0 Å². The van der Waals surface area contributed by atoms with Crippen molar-refractivity contribution < 1.29 is 19.3 Å². The highest BCUT2D eigenvalue weighted by Crippen LogP contribution is 2.45. The van der Waals surface area contributed by atoms with Crippen LogP contribution in [0.4, 0.5) is 0 Å². The summed E-state index contributed by atoms with van der Waals surface area (Å²) in [6, 6.07) is 20.8. The van der Waals surface area contributed by atoms with Crippen molar-refractivity contribution in [3.63, 3.8) is 0 Å². The fourth-order valence-electron chi connectivity index (χ4n) is 6.33. The van der Waals surface area contributed by atoms with Crippen molar-refractivity contribution in [2.45, 2.75) is 46.2 Å². The summed E-state index contributed by atoms with van der Waals surface area (Å²) < 4.78 is 21.5. The highest BCUT2D eigenvalue weighted by molar-refractivity contribution is 5.87. The van der Waals surface area contributed by atoms with Crippen molar-refractivity contribution in [2.75, 3.05) is 20.8 Å². The Morgan fingerprint density at radius 1 is 1.00 bits per heavy atom. The van der Waals surface area contributed by atoms with Gasteiger partial charge in [-0.15, -0.1) is 0 Å². The van der Waals surface area contributed by atoms with E-state index in [0.717, 1.165) is 65.3 Å². The van der Waals surface area contributed by atoms with Gasteiger partial charge in [0.25, 0.3) is 0 Å². The molecule has 4 heterocycles. The Labute approximate surface area is 240 Å². The van der Waals surface area contributed by atoms with Gasteiger partial charge in [-0.05, 0) is 83.6 Å². The third kappa shape index (κ3) is 4.63. The van der Waals surface area contributed by atoms with Crippen molar-refractivity contribution in [1.29, 1.82) is 0 Å². The van der Waals surface area contributed by atoms with Crippen LogP contribution in [-0.4, -0.2) is 45.1 Å². The molecule has 0 saturated heterocycles. The van der Waals surface area contributed by atoms with E-state index in [-0.39, 0.29) is 20.2 Å². The molecule has 41 heavy (non-hydrogen) atoms. The van der Waals surface area contributed by atoms with Gasteiger partial charge in [0.15, 0.2) is 11.5 Å². The topological polar surface area (TPSA) is 73.9 Å². The number of rotatable bonds is 7. The van der Waals surface area contributed by atoms with Crippen molar-refractivity contribution in [2.24, 2.45) is 0 Å². The van der Waals surface area contributed by atoms with Gasteiger partial charge in [-0.2, -0.15) is 5.10 Å². The zero-order chi connectivity index (χ0) is 27.2. The third-order valence-electron chi connectivity index (χ3n) is 8.38. The van der Waals surface area contributed by atoms with Crippen LogP contribution >= 0.6 is 0 Å². The molecule has 7 rings (SSSR count). The number of hydrogen-bond donors (Lipinski definition) is 1. The van der Waals surface area contributed by atoms with Crippen LogP contribution in [-0.2, 0) is 32.7 Å². The van der Waals surface area contributed by atoms with E-state index in [2.05, 4.69) is 40.3 Å². The maximum Gasteiger partial charge on any atom is 0.162 e. The summed E-state index contributed by atoms with van der Waals surface area (Å²) in [5.41, 5.74) is 8.20. The minimum atomic E-state index is -0.0363. The van der Waals surface area contributed by atoms with E-state index in [0.29, 0.717) is 6.61 Å². The summed E-state index contributed by atoms with van der Waals surface area (Å²) in [6.45, 7) is 2.16. The largest absolute Gasteiger partial charge is 0.497 e. The summed E-state index contributed by atoms with van der Waals surface area (Å²) in [5.74, 6) is 2.35. The first-order valence-electron chi connectivity index (χ1n) is 13.6. The molecule has 0 aliphatic carbocycles. The molecule has 212 valence electrons. The number of fused-ring (bicyclic) bond motifs is 6. The van der Waals surface area contributed by atoms with Crippen LogP contribution in [0.3, 0.4) is 0 Å². The Hall–Kier alpha value is -4.27. The zero-order valence-electron chi connectivity index (χ0n) is 22.7. The molecule has 1 unspecified atom stereocenters. The van der Waals surface area contributed by atoms with Gasteiger partial charge < -0.3 is 23.9 Å². The first-order valence-corrected chi connectivity index (χ1v) is 13.6. The highest BCUT2D eigenvalue weighted by Gasteiger charge is 2.36. The molecule has 1 atom stereocenters. The molecule has 5 aromatic rings. The Balaban J connectivity index is 0.00000302. The Morgan fingerprint density at radius 2 is 1.85 bits per heavy atom. The molecule has 0 amide bonds. The minimum absolute atomic E-state index is 0.